The first-order chi connectivity index (χ1) is 8.47. The third-order valence-corrected chi connectivity index (χ3v) is 3.15. The maximum absolute atomic E-state index is 11.8. The number of thiazole rings is 1. The number of amides is 1. The monoisotopic (exact) mass is 265 g/mol. The average Bonchev–Trinajstić information content (AvgIpc) is 2.96. The lowest BCUT2D eigenvalue weighted by atomic mass is 9.93. The van der Waals surface area contributed by atoms with Crippen LogP contribution in [-0.2, 0) is 12.0 Å². The van der Waals surface area contributed by atoms with E-state index in [1.165, 1.54) is 11.3 Å². The molecule has 18 heavy (non-hydrogen) atoms. The van der Waals surface area contributed by atoms with Crippen molar-refractivity contribution >= 4 is 17.2 Å². The Morgan fingerprint density at radius 3 is 2.83 bits per heavy atom. The zero-order valence-electron chi connectivity index (χ0n) is 10.6. The summed E-state index contributed by atoms with van der Waals surface area (Å²) in [7, 11) is 0. The third kappa shape index (κ3) is 2.95. The van der Waals surface area contributed by atoms with Gasteiger partial charge in [0, 0.05) is 23.1 Å². The lowest BCUT2D eigenvalue weighted by Gasteiger charge is -2.12. The van der Waals surface area contributed by atoms with Crippen LogP contribution in [0.5, 0.6) is 0 Å². The van der Waals surface area contributed by atoms with Crippen LogP contribution in [0.3, 0.4) is 0 Å². The molecule has 2 aromatic rings. The van der Waals surface area contributed by atoms with E-state index in [4.69, 9.17) is 4.52 Å². The highest BCUT2D eigenvalue weighted by Gasteiger charge is 2.22. The maximum Gasteiger partial charge on any atom is 0.273 e. The van der Waals surface area contributed by atoms with Gasteiger partial charge < -0.3 is 9.84 Å². The average molecular weight is 265 g/mol. The highest BCUT2D eigenvalue weighted by atomic mass is 32.1. The molecule has 0 bridgehead atoms. The number of aromatic nitrogens is 2. The first-order valence-corrected chi connectivity index (χ1v) is 6.48. The molecule has 2 rings (SSSR count). The van der Waals surface area contributed by atoms with Gasteiger partial charge in [0.05, 0.1) is 6.54 Å². The molecule has 0 saturated carbocycles. The molecular formula is C12H15N3O2S. The Morgan fingerprint density at radius 2 is 2.28 bits per heavy atom. The quantitative estimate of drug-likeness (QED) is 0.925. The van der Waals surface area contributed by atoms with Crippen LogP contribution in [0.25, 0.3) is 0 Å². The van der Waals surface area contributed by atoms with Gasteiger partial charge >= 0.3 is 0 Å². The van der Waals surface area contributed by atoms with Gasteiger partial charge in [-0.25, -0.2) is 4.98 Å². The summed E-state index contributed by atoms with van der Waals surface area (Å²) in [5.41, 5.74) is 0.150. The van der Waals surface area contributed by atoms with Crippen molar-refractivity contribution in [1.82, 2.24) is 15.5 Å². The van der Waals surface area contributed by atoms with Crippen LogP contribution in [0.15, 0.2) is 22.2 Å². The van der Waals surface area contributed by atoms with Crippen molar-refractivity contribution in [2.45, 2.75) is 32.7 Å². The topological polar surface area (TPSA) is 68.0 Å². The van der Waals surface area contributed by atoms with Gasteiger partial charge in [-0.1, -0.05) is 25.9 Å². The molecule has 0 aliphatic carbocycles. The fourth-order valence-electron chi connectivity index (χ4n) is 1.32. The van der Waals surface area contributed by atoms with Crippen LogP contribution in [0.2, 0.25) is 0 Å². The number of hydrogen-bond acceptors (Lipinski definition) is 5. The Bertz CT molecular complexity index is 526. The molecule has 2 aromatic heterocycles. The van der Waals surface area contributed by atoms with E-state index in [-0.39, 0.29) is 11.3 Å². The number of nitrogens with one attached hydrogen (secondary N) is 1. The summed E-state index contributed by atoms with van der Waals surface area (Å²) in [4.78, 5) is 15.9. The van der Waals surface area contributed by atoms with Crippen LogP contribution in [0.4, 0.5) is 0 Å². The Labute approximate surface area is 109 Å². The molecule has 0 radical (unpaired) electrons. The molecule has 5 nitrogen and oxygen atoms in total. The SMILES string of the molecule is CC(C)(C)c1cc(C(=O)NCc2nccs2)no1. The van der Waals surface area contributed by atoms with Crippen molar-refractivity contribution in [2.24, 2.45) is 0 Å². The van der Waals surface area contributed by atoms with Gasteiger partial charge in [-0.2, -0.15) is 0 Å². The molecule has 2 heterocycles. The van der Waals surface area contributed by atoms with Crippen molar-refractivity contribution < 1.29 is 9.32 Å². The summed E-state index contributed by atoms with van der Waals surface area (Å²) in [6.07, 6.45) is 1.71. The molecule has 1 amide bonds. The van der Waals surface area contributed by atoms with Crippen molar-refractivity contribution in [3.05, 3.63) is 34.1 Å². The van der Waals surface area contributed by atoms with Crippen molar-refractivity contribution in [2.75, 3.05) is 0 Å². The summed E-state index contributed by atoms with van der Waals surface area (Å²) >= 11 is 1.50. The zero-order chi connectivity index (χ0) is 13.2. The van der Waals surface area contributed by atoms with E-state index in [0.29, 0.717) is 18.0 Å². The minimum Gasteiger partial charge on any atom is -0.360 e. The van der Waals surface area contributed by atoms with Crippen LogP contribution in [0, 0.1) is 0 Å². The molecule has 0 aliphatic rings. The van der Waals surface area contributed by atoms with E-state index in [9.17, 15) is 4.79 Å². The van der Waals surface area contributed by atoms with Crippen LogP contribution >= 0.6 is 11.3 Å². The molecule has 0 aromatic carbocycles. The molecular weight excluding hydrogens is 250 g/mol. The van der Waals surface area contributed by atoms with Crippen LogP contribution in [0.1, 0.15) is 42.0 Å². The van der Waals surface area contributed by atoms with Gasteiger partial charge in [0.25, 0.3) is 5.91 Å². The summed E-state index contributed by atoms with van der Waals surface area (Å²) < 4.78 is 5.16. The normalized spacial score (nSPS) is 11.5. The molecule has 0 saturated heterocycles. The first kappa shape index (κ1) is 12.8. The molecule has 6 heteroatoms. The summed E-state index contributed by atoms with van der Waals surface area (Å²) in [5, 5.41) is 9.27. The maximum atomic E-state index is 11.8. The number of rotatable bonds is 3. The largest absolute Gasteiger partial charge is 0.360 e. The second-order valence-corrected chi connectivity index (χ2v) is 5.91. The summed E-state index contributed by atoms with van der Waals surface area (Å²) in [6.45, 7) is 6.43. The summed E-state index contributed by atoms with van der Waals surface area (Å²) in [5.74, 6) is 0.450. The standard InChI is InChI=1S/C12H15N3O2S/c1-12(2,3)9-6-8(15-17-9)11(16)14-7-10-13-4-5-18-10/h4-6H,7H2,1-3H3,(H,14,16). The van der Waals surface area contributed by atoms with E-state index < -0.39 is 0 Å². The molecule has 0 unspecified atom stereocenters. The minimum atomic E-state index is -0.246. The number of hydrogen-bond donors (Lipinski definition) is 1. The van der Waals surface area contributed by atoms with E-state index in [1.54, 1.807) is 12.3 Å². The fourth-order valence-corrected chi connectivity index (χ4v) is 1.88. The van der Waals surface area contributed by atoms with Crippen LogP contribution < -0.4 is 5.32 Å². The van der Waals surface area contributed by atoms with Gasteiger partial charge in [0.1, 0.15) is 10.8 Å². The molecule has 0 spiro atoms. The zero-order valence-corrected chi connectivity index (χ0v) is 11.4. The molecule has 1 N–H and O–H groups in total. The van der Waals surface area contributed by atoms with Gasteiger partial charge in [-0.3, -0.25) is 4.79 Å². The minimum absolute atomic E-state index is 0.152. The van der Waals surface area contributed by atoms with E-state index in [1.807, 2.05) is 26.2 Å². The number of nitrogens with zero attached hydrogens (tertiary/aromatic N) is 2. The highest BCUT2D eigenvalue weighted by Crippen LogP contribution is 2.22. The van der Waals surface area contributed by atoms with E-state index >= 15 is 0 Å². The Hall–Kier alpha value is -1.69. The second-order valence-electron chi connectivity index (χ2n) is 4.93. The number of carbonyl (C=O) groups is 1. The second kappa shape index (κ2) is 4.89. The fraction of sp³-hybridized carbons (Fsp3) is 0.417. The van der Waals surface area contributed by atoms with E-state index in [0.717, 1.165) is 5.01 Å². The van der Waals surface area contributed by atoms with E-state index in [2.05, 4.69) is 15.5 Å². The Balaban J connectivity index is 1.99. The van der Waals surface area contributed by atoms with Gasteiger partial charge in [0.2, 0.25) is 0 Å². The lowest BCUT2D eigenvalue weighted by Crippen LogP contribution is -2.23. The highest BCUT2D eigenvalue weighted by molar-refractivity contribution is 7.09. The smallest absolute Gasteiger partial charge is 0.273 e. The Kier molecular flexibility index (Phi) is 3.47. The predicted molar refractivity (Wildman–Crippen MR) is 68.5 cm³/mol. The van der Waals surface area contributed by atoms with Crippen molar-refractivity contribution in [3.63, 3.8) is 0 Å². The molecule has 0 fully saturated rings. The van der Waals surface area contributed by atoms with Gasteiger partial charge in [0.15, 0.2) is 5.69 Å². The predicted octanol–water partition coefficient (Wildman–Crippen LogP) is 2.36. The van der Waals surface area contributed by atoms with Gasteiger partial charge in [-0.05, 0) is 0 Å². The van der Waals surface area contributed by atoms with Crippen molar-refractivity contribution in [1.29, 1.82) is 0 Å². The van der Waals surface area contributed by atoms with Crippen LogP contribution in [-0.4, -0.2) is 16.0 Å². The molecule has 0 aliphatic heterocycles. The van der Waals surface area contributed by atoms with Gasteiger partial charge in [-0.15, -0.1) is 11.3 Å². The summed E-state index contributed by atoms with van der Waals surface area (Å²) in [6, 6.07) is 1.68. The molecule has 0 atom stereocenters. The lowest BCUT2D eigenvalue weighted by molar-refractivity contribution is 0.0941. The molecule has 96 valence electrons. The third-order valence-electron chi connectivity index (χ3n) is 2.37. The van der Waals surface area contributed by atoms with Crippen molar-refractivity contribution in [3.8, 4) is 0 Å². The Morgan fingerprint density at radius 1 is 1.50 bits per heavy atom. The first-order valence-electron chi connectivity index (χ1n) is 5.60. The number of carbonyl (C=O) groups excluding carboxylic acids is 1.